The highest BCUT2D eigenvalue weighted by molar-refractivity contribution is 5.82. The zero-order valence-corrected chi connectivity index (χ0v) is 16.5. The van der Waals surface area contributed by atoms with Gasteiger partial charge in [-0.2, -0.15) is 0 Å². The van der Waals surface area contributed by atoms with E-state index < -0.39 is 0 Å². The van der Waals surface area contributed by atoms with Gasteiger partial charge in [-0.25, -0.2) is 0 Å². The monoisotopic (exact) mass is 388 g/mol. The highest BCUT2D eigenvalue weighted by Gasteiger charge is 2.33. The minimum atomic E-state index is -0.366. The van der Waals surface area contributed by atoms with Crippen LogP contribution in [0.25, 0.3) is 0 Å². The van der Waals surface area contributed by atoms with Crippen LogP contribution in [0.4, 0.5) is 11.4 Å². The van der Waals surface area contributed by atoms with Crippen molar-refractivity contribution in [2.24, 2.45) is 11.8 Å². The Labute approximate surface area is 165 Å². The van der Waals surface area contributed by atoms with Crippen molar-refractivity contribution in [3.8, 4) is 0 Å². The molecule has 2 aliphatic rings. The van der Waals surface area contributed by atoms with Crippen LogP contribution in [-0.2, 0) is 9.59 Å². The minimum Gasteiger partial charge on any atom is -0.362 e. The fourth-order valence-corrected chi connectivity index (χ4v) is 4.06. The first-order chi connectivity index (χ1) is 13.4. The van der Waals surface area contributed by atoms with Gasteiger partial charge in [0.15, 0.2) is 0 Å². The largest absolute Gasteiger partial charge is 0.362 e. The second kappa shape index (κ2) is 8.58. The van der Waals surface area contributed by atoms with Crippen LogP contribution in [0.3, 0.4) is 0 Å². The number of amides is 2. The number of hydrogen-bond acceptors (Lipinski definition) is 5. The van der Waals surface area contributed by atoms with Crippen molar-refractivity contribution in [1.82, 2.24) is 9.80 Å². The lowest BCUT2D eigenvalue weighted by atomic mass is 9.95. The Kier molecular flexibility index (Phi) is 6.16. The zero-order valence-electron chi connectivity index (χ0n) is 16.5. The van der Waals surface area contributed by atoms with Gasteiger partial charge in [0.05, 0.1) is 10.8 Å². The summed E-state index contributed by atoms with van der Waals surface area (Å²) in [5.41, 5.74) is 0.698. The van der Waals surface area contributed by atoms with Gasteiger partial charge in [-0.05, 0) is 18.9 Å². The summed E-state index contributed by atoms with van der Waals surface area (Å²) in [4.78, 5) is 41.8. The van der Waals surface area contributed by atoms with Crippen LogP contribution < -0.4 is 4.90 Å². The second-order valence-electron chi connectivity index (χ2n) is 7.84. The number of carbonyl (C=O) groups excluding carboxylic acids is 2. The fraction of sp³-hybridized carbons (Fsp3) is 0.600. The molecule has 2 heterocycles. The molecule has 0 aliphatic carbocycles. The van der Waals surface area contributed by atoms with Gasteiger partial charge in [0, 0.05) is 51.3 Å². The molecular weight excluding hydrogens is 360 g/mol. The number of piperazine rings is 1. The van der Waals surface area contributed by atoms with Crippen LogP contribution in [-0.4, -0.2) is 65.8 Å². The molecule has 152 valence electrons. The van der Waals surface area contributed by atoms with Crippen LogP contribution in [0.1, 0.15) is 26.7 Å². The number of benzene rings is 1. The smallest absolute Gasteiger partial charge is 0.292 e. The molecule has 2 amide bonds. The van der Waals surface area contributed by atoms with Gasteiger partial charge < -0.3 is 14.7 Å². The van der Waals surface area contributed by atoms with E-state index in [1.165, 1.54) is 6.07 Å². The molecule has 0 N–H and O–H groups in total. The highest BCUT2D eigenvalue weighted by atomic mass is 16.6. The predicted octanol–water partition coefficient (Wildman–Crippen LogP) is 2.14. The lowest BCUT2D eigenvalue weighted by molar-refractivity contribution is -0.384. The first-order valence-corrected chi connectivity index (χ1v) is 9.94. The van der Waals surface area contributed by atoms with Gasteiger partial charge in [-0.15, -0.1) is 0 Å². The van der Waals surface area contributed by atoms with Crippen molar-refractivity contribution < 1.29 is 14.5 Å². The van der Waals surface area contributed by atoms with E-state index in [-0.39, 0.29) is 34.3 Å². The maximum atomic E-state index is 13.0. The summed E-state index contributed by atoms with van der Waals surface area (Å²) in [5.74, 6) is 0.00953. The molecule has 1 aromatic carbocycles. The number of para-hydroxylation sites is 2. The average Bonchev–Trinajstić information content (AvgIpc) is 2.72. The van der Waals surface area contributed by atoms with Crippen molar-refractivity contribution in [1.29, 1.82) is 0 Å². The Balaban J connectivity index is 1.60. The number of hydrogen-bond donors (Lipinski definition) is 0. The molecule has 1 atom stereocenters. The van der Waals surface area contributed by atoms with Crippen LogP contribution in [0.2, 0.25) is 0 Å². The lowest BCUT2D eigenvalue weighted by Gasteiger charge is -2.39. The van der Waals surface area contributed by atoms with Gasteiger partial charge >= 0.3 is 0 Å². The molecule has 0 unspecified atom stereocenters. The third-order valence-corrected chi connectivity index (χ3v) is 5.59. The standard InChI is InChI=1S/C20H28N4O4/c1-15(2)19(25)23-9-5-6-16(14-23)20(26)22-12-10-21(11-13-22)17-7-3-4-8-18(17)24(27)28/h3-4,7-8,15-16H,5-6,9-14H2,1-2H3/t16-/m1/s1. The molecule has 3 rings (SSSR count). The Morgan fingerprint density at radius 3 is 2.39 bits per heavy atom. The molecule has 8 nitrogen and oxygen atoms in total. The summed E-state index contributed by atoms with van der Waals surface area (Å²) < 4.78 is 0. The summed E-state index contributed by atoms with van der Waals surface area (Å²) in [5, 5.41) is 11.3. The van der Waals surface area contributed by atoms with E-state index >= 15 is 0 Å². The van der Waals surface area contributed by atoms with E-state index in [4.69, 9.17) is 0 Å². The number of nitro benzene ring substituents is 1. The molecule has 0 saturated carbocycles. The summed E-state index contributed by atoms with van der Waals surface area (Å²) >= 11 is 0. The summed E-state index contributed by atoms with van der Waals surface area (Å²) in [7, 11) is 0. The number of nitrogens with zero attached hydrogens (tertiary/aromatic N) is 4. The van der Waals surface area contributed by atoms with Gasteiger partial charge in [0.1, 0.15) is 5.69 Å². The third-order valence-electron chi connectivity index (χ3n) is 5.59. The molecule has 2 saturated heterocycles. The Morgan fingerprint density at radius 1 is 1.07 bits per heavy atom. The first kappa shape index (κ1) is 20.1. The quantitative estimate of drug-likeness (QED) is 0.583. The van der Waals surface area contributed by atoms with Gasteiger partial charge in [-0.1, -0.05) is 26.0 Å². The lowest BCUT2D eigenvalue weighted by Crippen LogP contribution is -2.53. The molecule has 2 aliphatic heterocycles. The van der Waals surface area contributed by atoms with Crippen LogP contribution in [0, 0.1) is 22.0 Å². The number of likely N-dealkylation sites (tertiary alicyclic amines) is 1. The van der Waals surface area contributed by atoms with Crippen LogP contribution in [0.15, 0.2) is 24.3 Å². The van der Waals surface area contributed by atoms with E-state index in [1.54, 1.807) is 18.2 Å². The minimum absolute atomic E-state index is 0.0564. The number of nitro groups is 1. The number of carbonyl (C=O) groups is 2. The molecule has 0 spiro atoms. The van der Waals surface area contributed by atoms with Crippen molar-refractivity contribution in [3.63, 3.8) is 0 Å². The van der Waals surface area contributed by atoms with Gasteiger partial charge in [-0.3, -0.25) is 19.7 Å². The van der Waals surface area contributed by atoms with Gasteiger partial charge in [0.25, 0.3) is 5.69 Å². The Morgan fingerprint density at radius 2 is 1.75 bits per heavy atom. The summed E-state index contributed by atoms with van der Waals surface area (Å²) in [6.07, 6.45) is 1.66. The van der Waals surface area contributed by atoms with E-state index in [2.05, 4.69) is 0 Å². The molecular formula is C20H28N4O4. The van der Waals surface area contributed by atoms with E-state index in [1.807, 2.05) is 28.5 Å². The third kappa shape index (κ3) is 4.26. The molecule has 0 aromatic heterocycles. The van der Waals surface area contributed by atoms with Crippen molar-refractivity contribution in [3.05, 3.63) is 34.4 Å². The van der Waals surface area contributed by atoms with Crippen molar-refractivity contribution in [2.75, 3.05) is 44.2 Å². The van der Waals surface area contributed by atoms with E-state index in [9.17, 15) is 19.7 Å². The molecule has 1 aromatic rings. The highest BCUT2D eigenvalue weighted by Crippen LogP contribution is 2.29. The molecule has 0 radical (unpaired) electrons. The van der Waals surface area contributed by atoms with E-state index in [0.717, 1.165) is 19.4 Å². The Bertz CT molecular complexity index is 743. The molecule has 8 heteroatoms. The van der Waals surface area contributed by atoms with Crippen LogP contribution >= 0.6 is 0 Å². The van der Waals surface area contributed by atoms with Crippen molar-refractivity contribution in [2.45, 2.75) is 26.7 Å². The zero-order chi connectivity index (χ0) is 20.3. The van der Waals surface area contributed by atoms with Crippen LogP contribution in [0.5, 0.6) is 0 Å². The summed E-state index contributed by atoms with van der Waals surface area (Å²) in [6, 6.07) is 6.72. The number of piperidine rings is 1. The summed E-state index contributed by atoms with van der Waals surface area (Å²) in [6.45, 7) is 7.22. The van der Waals surface area contributed by atoms with E-state index in [0.29, 0.717) is 38.4 Å². The first-order valence-electron chi connectivity index (χ1n) is 9.94. The Hall–Kier alpha value is -2.64. The SMILES string of the molecule is CC(C)C(=O)N1CCC[C@@H](C(=O)N2CCN(c3ccccc3[N+](=O)[O-])CC2)C1. The number of rotatable bonds is 4. The molecule has 0 bridgehead atoms. The fourth-order valence-electron chi connectivity index (χ4n) is 4.06. The predicted molar refractivity (Wildman–Crippen MR) is 106 cm³/mol. The average molecular weight is 388 g/mol. The molecule has 2 fully saturated rings. The maximum absolute atomic E-state index is 13.0. The molecule has 28 heavy (non-hydrogen) atoms. The maximum Gasteiger partial charge on any atom is 0.292 e. The number of anilines is 1. The topological polar surface area (TPSA) is 87.0 Å². The normalized spacial score (nSPS) is 20.4. The van der Waals surface area contributed by atoms with Gasteiger partial charge in [0.2, 0.25) is 11.8 Å². The van der Waals surface area contributed by atoms with Crippen molar-refractivity contribution >= 4 is 23.2 Å². The second-order valence-corrected chi connectivity index (χ2v) is 7.84.